The van der Waals surface area contributed by atoms with Crippen LogP contribution < -0.4 is 11.1 Å². The number of nitrogens with one attached hydrogen (secondary N) is 1. The van der Waals surface area contributed by atoms with Gasteiger partial charge < -0.3 is 11.1 Å². The Bertz CT molecular complexity index is 363. The Balaban J connectivity index is 2.48. The third-order valence-electron chi connectivity index (χ3n) is 3.39. The maximum Gasteiger partial charge on any atom is 0.126 e. The second-order valence-electron chi connectivity index (χ2n) is 5.67. The summed E-state index contributed by atoms with van der Waals surface area (Å²) < 4.78 is 13.7. The van der Waals surface area contributed by atoms with Gasteiger partial charge in [0.25, 0.3) is 0 Å². The molecule has 3 heteroatoms. The molecule has 0 amide bonds. The van der Waals surface area contributed by atoms with Gasteiger partial charge in [0.2, 0.25) is 0 Å². The first-order valence-corrected chi connectivity index (χ1v) is 6.63. The lowest BCUT2D eigenvalue weighted by atomic mass is 9.84. The van der Waals surface area contributed by atoms with Crippen LogP contribution in [0.4, 0.5) is 4.39 Å². The Morgan fingerprint density at radius 2 is 2.00 bits per heavy atom. The Labute approximate surface area is 110 Å². The van der Waals surface area contributed by atoms with Crippen molar-refractivity contribution in [1.82, 2.24) is 5.32 Å². The van der Waals surface area contributed by atoms with E-state index in [0.717, 1.165) is 31.6 Å². The standard InChI is InChI=1S/C15H25FN2/c1-12(10-17)8-9-18-11-15(2,3)13-6-4-5-7-14(13)16/h4-7,12,18H,8-11,17H2,1-3H3. The van der Waals surface area contributed by atoms with Crippen molar-refractivity contribution in [2.24, 2.45) is 11.7 Å². The first-order valence-electron chi connectivity index (χ1n) is 6.63. The van der Waals surface area contributed by atoms with Gasteiger partial charge in [0.1, 0.15) is 5.82 Å². The molecule has 0 spiro atoms. The molecule has 102 valence electrons. The Morgan fingerprint density at radius 3 is 2.61 bits per heavy atom. The Morgan fingerprint density at radius 1 is 1.33 bits per heavy atom. The monoisotopic (exact) mass is 252 g/mol. The maximum atomic E-state index is 13.7. The van der Waals surface area contributed by atoms with E-state index in [4.69, 9.17) is 5.73 Å². The molecule has 1 aromatic rings. The van der Waals surface area contributed by atoms with E-state index in [1.807, 2.05) is 12.1 Å². The molecule has 0 saturated carbocycles. The fourth-order valence-corrected chi connectivity index (χ4v) is 1.97. The maximum absolute atomic E-state index is 13.7. The zero-order valence-corrected chi connectivity index (χ0v) is 11.7. The van der Waals surface area contributed by atoms with Gasteiger partial charge in [-0.05, 0) is 37.1 Å². The van der Waals surface area contributed by atoms with Crippen molar-refractivity contribution in [2.45, 2.75) is 32.6 Å². The lowest BCUT2D eigenvalue weighted by molar-refractivity contribution is 0.425. The second kappa shape index (κ2) is 6.86. The number of benzene rings is 1. The quantitative estimate of drug-likeness (QED) is 0.732. The molecule has 0 heterocycles. The highest BCUT2D eigenvalue weighted by atomic mass is 19.1. The fourth-order valence-electron chi connectivity index (χ4n) is 1.97. The molecule has 1 atom stereocenters. The molecule has 0 aliphatic carbocycles. The largest absolute Gasteiger partial charge is 0.330 e. The zero-order valence-electron chi connectivity index (χ0n) is 11.7. The Kier molecular flexibility index (Phi) is 5.76. The summed E-state index contributed by atoms with van der Waals surface area (Å²) in [5.41, 5.74) is 6.14. The van der Waals surface area contributed by atoms with E-state index >= 15 is 0 Å². The van der Waals surface area contributed by atoms with Gasteiger partial charge in [0.05, 0.1) is 0 Å². The highest BCUT2D eigenvalue weighted by molar-refractivity contribution is 5.25. The van der Waals surface area contributed by atoms with Gasteiger partial charge in [-0.2, -0.15) is 0 Å². The summed E-state index contributed by atoms with van der Waals surface area (Å²) in [6.07, 6.45) is 1.06. The van der Waals surface area contributed by atoms with Crippen LogP contribution in [-0.4, -0.2) is 19.6 Å². The molecule has 0 aliphatic heterocycles. The van der Waals surface area contributed by atoms with E-state index in [1.54, 1.807) is 6.07 Å². The minimum atomic E-state index is -0.197. The molecule has 1 rings (SSSR count). The van der Waals surface area contributed by atoms with Crippen LogP contribution in [0.2, 0.25) is 0 Å². The number of nitrogens with two attached hydrogens (primary N) is 1. The van der Waals surface area contributed by atoms with Gasteiger partial charge in [-0.3, -0.25) is 0 Å². The molecular formula is C15H25FN2. The summed E-state index contributed by atoms with van der Waals surface area (Å²) in [4.78, 5) is 0. The smallest absolute Gasteiger partial charge is 0.126 e. The summed E-state index contributed by atoms with van der Waals surface area (Å²) in [6, 6.07) is 7.00. The molecule has 0 fully saturated rings. The van der Waals surface area contributed by atoms with Crippen molar-refractivity contribution in [3.8, 4) is 0 Å². The second-order valence-corrected chi connectivity index (χ2v) is 5.67. The molecule has 18 heavy (non-hydrogen) atoms. The summed E-state index contributed by atoms with van der Waals surface area (Å²) >= 11 is 0. The van der Waals surface area contributed by atoms with Gasteiger partial charge >= 0.3 is 0 Å². The van der Waals surface area contributed by atoms with Gasteiger partial charge in [-0.25, -0.2) is 4.39 Å². The van der Waals surface area contributed by atoms with Gasteiger partial charge in [-0.1, -0.05) is 39.0 Å². The predicted octanol–water partition coefficient (Wildman–Crippen LogP) is 2.68. The van der Waals surface area contributed by atoms with Gasteiger partial charge in [0.15, 0.2) is 0 Å². The third-order valence-corrected chi connectivity index (χ3v) is 3.39. The topological polar surface area (TPSA) is 38.0 Å². The van der Waals surface area contributed by atoms with Gasteiger partial charge in [-0.15, -0.1) is 0 Å². The van der Waals surface area contributed by atoms with Crippen LogP contribution in [0.3, 0.4) is 0 Å². The summed E-state index contributed by atoms with van der Waals surface area (Å²) in [5, 5.41) is 3.39. The Hall–Kier alpha value is -0.930. The fraction of sp³-hybridized carbons (Fsp3) is 0.600. The SMILES string of the molecule is CC(CN)CCNCC(C)(C)c1ccccc1F. The summed E-state index contributed by atoms with van der Waals surface area (Å²) in [7, 11) is 0. The van der Waals surface area contributed by atoms with Gasteiger partial charge in [0, 0.05) is 12.0 Å². The van der Waals surface area contributed by atoms with Crippen LogP contribution in [-0.2, 0) is 5.41 Å². The highest BCUT2D eigenvalue weighted by Gasteiger charge is 2.23. The molecule has 1 unspecified atom stereocenters. The molecular weight excluding hydrogens is 227 g/mol. The molecule has 1 aromatic carbocycles. The first kappa shape index (κ1) is 15.1. The molecule has 2 nitrogen and oxygen atoms in total. The highest BCUT2D eigenvalue weighted by Crippen LogP contribution is 2.24. The van der Waals surface area contributed by atoms with Crippen molar-refractivity contribution < 1.29 is 4.39 Å². The third kappa shape index (κ3) is 4.39. The molecule has 3 N–H and O–H groups in total. The molecule has 0 aromatic heterocycles. The minimum Gasteiger partial charge on any atom is -0.330 e. The zero-order chi connectivity index (χ0) is 13.6. The van der Waals surface area contributed by atoms with E-state index in [0.29, 0.717) is 5.92 Å². The van der Waals surface area contributed by atoms with Crippen LogP contribution in [0.15, 0.2) is 24.3 Å². The van der Waals surface area contributed by atoms with Crippen LogP contribution >= 0.6 is 0 Å². The average Bonchev–Trinajstić information content (AvgIpc) is 2.34. The summed E-state index contributed by atoms with van der Waals surface area (Å²) in [6.45, 7) is 8.68. The van der Waals surface area contributed by atoms with Crippen LogP contribution in [0.1, 0.15) is 32.8 Å². The van der Waals surface area contributed by atoms with Crippen LogP contribution in [0.25, 0.3) is 0 Å². The molecule has 0 bridgehead atoms. The van der Waals surface area contributed by atoms with Crippen LogP contribution in [0, 0.1) is 11.7 Å². The van der Waals surface area contributed by atoms with E-state index in [9.17, 15) is 4.39 Å². The van der Waals surface area contributed by atoms with Crippen molar-refractivity contribution in [1.29, 1.82) is 0 Å². The lowest BCUT2D eigenvalue weighted by Gasteiger charge is -2.26. The normalized spacial score (nSPS) is 13.6. The molecule has 0 aliphatic rings. The lowest BCUT2D eigenvalue weighted by Crippen LogP contribution is -2.35. The van der Waals surface area contributed by atoms with E-state index in [-0.39, 0.29) is 11.2 Å². The molecule has 0 saturated heterocycles. The van der Waals surface area contributed by atoms with E-state index < -0.39 is 0 Å². The number of hydrogen-bond donors (Lipinski definition) is 2. The summed E-state index contributed by atoms with van der Waals surface area (Å²) in [5.74, 6) is 0.411. The number of rotatable bonds is 7. The number of hydrogen-bond acceptors (Lipinski definition) is 2. The number of halogens is 1. The van der Waals surface area contributed by atoms with Crippen molar-refractivity contribution in [2.75, 3.05) is 19.6 Å². The minimum absolute atomic E-state index is 0.125. The van der Waals surface area contributed by atoms with E-state index in [1.165, 1.54) is 6.07 Å². The van der Waals surface area contributed by atoms with Crippen molar-refractivity contribution >= 4 is 0 Å². The molecule has 0 radical (unpaired) electrons. The first-order chi connectivity index (χ1) is 8.47. The van der Waals surface area contributed by atoms with E-state index in [2.05, 4.69) is 26.1 Å². The van der Waals surface area contributed by atoms with Crippen molar-refractivity contribution in [3.05, 3.63) is 35.6 Å². The average molecular weight is 252 g/mol. The van der Waals surface area contributed by atoms with Crippen molar-refractivity contribution in [3.63, 3.8) is 0 Å². The predicted molar refractivity (Wildman–Crippen MR) is 75.1 cm³/mol. The van der Waals surface area contributed by atoms with Crippen LogP contribution in [0.5, 0.6) is 0 Å².